The molecule has 1 rings (SSSR count). The lowest BCUT2D eigenvalue weighted by Gasteiger charge is -1.87. The molecule has 0 saturated carbocycles. The van der Waals surface area contributed by atoms with Crippen LogP contribution in [0.2, 0.25) is 0 Å². The van der Waals surface area contributed by atoms with Crippen LogP contribution < -0.4 is 5.73 Å². The Balaban J connectivity index is 3.37. The van der Waals surface area contributed by atoms with Gasteiger partial charge in [-0.1, -0.05) is 11.3 Å². The summed E-state index contributed by atoms with van der Waals surface area (Å²) in [5.41, 5.74) is 5.61. The number of nitriles is 1. The van der Waals surface area contributed by atoms with Gasteiger partial charge in [-0.25, -0.2) is 0 Å². The lowest BCUT2D eigenvalue weighted by Crippen LogP contribution is -1.92. The zero-order valence-corrected chi connectivity index (χ0v) is 8.24. The number of thiophene rings is 1. The predicted octanol–water partition coefficient (Wildman–Crippen LogP) is 1.83. The zero-order chi connectivity index (χ0) is 10.0. The number of nitrogens with zero attached hydrogens (tertiary/aromatic N) is 2. The molecular weight excluding hydrogens is 210 g/mol. The Hall–Kier alpha value is -1.26. The normalized spacial score (nSPS) is 9.54. The van der Waals surface area contributed by atoms with E-state index in [1.807, 2.05) is 6.07 Å². The molecule has 0 radical (unpaired) electrons. The van der Waals surface area contributed by atoms with Crippen molar-refractivity contribution in [2.24, 2.45) is 0 Å². The van der Waals surface area contributed by atoms with Gasteiger partial charge >= 0.3 is 5.00 Å². The highest BCUT2D eigenvalue weighted by molar-refractivity contribution is 8.00. The fourth-order valence-electron chi connectivity index (χ4n) is 0.796. The lowest BCUT2D eigenvalue weighted by atomic mass is 10.3. The molecule has 0 aliphatic carbocycles. The van der Waals surface area contributed by atoms with Crippen LogP contribution in [0.5, 0.6) is 0 Å². The van der Waals surface area contributed by atoms with Gasteiger partial charge in [0.1, 0.15) is 17.3 Å². The number of hydrogen-bond donors (Lipinski definition) is 1. The largest absolute Gasteiger partial charge is 0.391 e. The highest BCUT2D eigenvalue weighted by Gasteiger charge is 2.23. The van der Waals surface area contributed by atoms with Crippen molar-refractivity contribution >= 4 is 33.8 Å². The highest BCUT2D eigenvalue weighted by Crippen LogP contribution is 2.41. The summed E-state index contributed by atoms with van der Waals surface area (Å²) >= 11 is 2.22. The van der Waals surface area contributed by atoms with E-state index in [2.05, 4.69) is 0 Å². The van der Waals surface area contributed by atoms with Crippen molar-refractivity contribution in [1.82, 2.24) is 0 Å². The van der Waals surface area contributed by atoms with E-state index in [1.54, 1.807) is 6.26 Å². The Kier molecular flexibility index (Phi) is 2.75. The third-order valence-corrected chi connectivity index (χ3v) is 3.63. The third-order valence-electron chi connectivity index (χ3n) is 1.36. The van der Waals surface area contributed by atoms with Gasteiger partial charge in [0, 0.05) is 0 Å². The third kappa shape index (κ3) is 1.59. The van der Waals surface area contributed by atoms with Crippen LogP contribution in [0.25, 0.3) is 0 Å². The molecule has 0 amide bonds. The number of nitrogen functional groups attached to an aromatic ring is 1. The van der Waals surface area contributed by atoms with Crippen LogP contribution in [-0.4, -0.2) is 11.2 Å². The van der Waals surface area contributed by atoms with Crippen molar-refractivity contribution in [3.8, 4) is 6.07 Å². The number of rotatable bonds is 2. The maximum atomic E-state index is 10.4. The van der Waals surface area contributed by atoms with Gasteiger partial charge in [0.05, 0.1) is 9.13 Å². The summed E-state index contributed by atoms with van der Waals surface area (Å²) < 4.78 is 0.590. The van der Waals surface area contributed by atoms with Crippen molar-refractivity contribution in [3.63, 3.8) is 0 Å². The van der Waals surface area contributed by atoms with Crippen molar-refractivity contribution in [3.05, 3.63) is 15.7 Å². The van der Waals surface area contributed by atoms with Gasteiger partial charge in [0.2, 0.25) is 0 Å². The molecule has 0 unspecified atom stereocenters. The topological polar surface area (TPSA) is 92.9 Å². The number of hydrogen-bond acceptors (Lipinski definition) is 6. The number of nitrogens with two attached hydrogens (primary N) is 1. The molecule has 68 valence electrons. The van der Waals surface area contributed by atoms with E-state index < -0.39 is 4.92 Å². The molecule has 7 heteroatoms. The smallest absolute Gasteiger partial charge is 0.349 e. The van der Waals surface area contributed by atoms with E-state index >= 15 is 0 Å². The quantitative estimate of drug-likeness (QED) is 0.461. The van der Waals surface area contributed by atoms with E-state index in [4.69, 9.17) is 11.0 Å². The molecule has 0 aromatic carbocycles. The minimum Gasteiger partial charge on any atom is -0.391 e. The summed E-state index contributed by atoms with van der Waals surface area (Å²) in [6.45, 7) is 0. The second-order valence-corrected chi connectivity index (χ2v) is 4.13. The summed E-state index contributed by atoms with van der Waals surface area (Å²) in [5, 5.41) is 19.0. The van der Waals surface area contributed by atoms with Gasteiger partial charge in [0.25, 0.3) is 0 Å². The first kappa shape index (κ1) is 9.83. The van der Waals surface area contributed by atoms with Crippen LogP contribution in [0, 0.1) is 21.4 Å². The van der Waals surface area contributed by atoms with Crippen LogP contribution in [0.3, 0.4) is 0 Å². The summed E-state index contributed by atoms with van der Waals surface area (Å²) in [6.07, 6.45) is 1.75. The van der Waals surface area contributed by atoms with Crippen LogP contribution in [0.15, 0.2) is 4.21 Å². The fraction of sp³-hybridized carbons (Fsp3) is 0.167. The van der Waals surface area contributed by atoms with Gasteiger partial charge < -0.3 is 5.73 Å². The Bertz CT molecular complexity index is 393. The van der Waals surface area contributed by atoms with E-state index in [1.165, 1.54) is 11.8 Å². The molecule has 0 saturated heterocycles. The first-order valence-corrected chi connectivity index (χ1v) is 5.16. The molecule has 0 aliphatic rings. The SMILES string of the molecule is CSc1sc([N+](=O)[O-])c(N)c1C#N. The first-order valence-electron chi connectivity index (χ1n) is 3.12. The Morgan fingerprint density at radius 2 is 2.38 bits per heavy atom. The van der Waals surface area contributed by atoms with Crippen LogP contribution in [-0.2, 0) is 0 Å². The molecule has 0 fully saturated rings. The Morgan fingerprint density at radius 3 is 2.69 bits per heavy atom. The zero-order valence-electron chi connectivity index (χ0n) is 6.60. The Morgan fingerprint density at radius 1 is 1.77 bits per heavy atom. The number of thioether (sulfide) groups is 1. The number of nitro groups is 1. The molecule has 1 heterocycles. The van der Waals surface area contributed by atoms with E-state index in [9.17, 15) is 10.1 Å². The molecule has 2 N–H and O–H groups in total. The summed E-state index contributed by atoms with van der Waals surface area (Å²) in [4.78, 5) is 9.87. The standard InChI is InChI=1S/C6H5N3O2S2/c1-12-6-3(2-7)4(8)5(13-6)9(10)11/h8H2,1H3. The van der Waals surface area contributed by atoms with Gasteiger partial charge in [-0.3, -0.25) is 10.1 Å². The van der Waals surface area contributed by atoms with E-state index in [0.717, 1.165) is 11.3 Å². The molecule has 1 aromatic rings. The average molecular weight is 215 g/mol. The number of anilines is 1. The predicted molar refractivity (Wildman–Crippen MR) is 51.9 cm³/mol. The molecular formula is C6H5N3O2S2. The molecule has 0 atom stereocenters. The summed E-state index contributed by atoms with van der Waals surface area (Å²) in [5.74, 6) is 0. The first-order chi connectivity index (χ1) is 6.11. The average Bonchev–Trinajstić information content (AvgIpc) is 2.41. The lowest BCUT2D eigenvalue weighted by molar-refractivity contribution is -0.379. The van der Waals surface area contributed by atoms with Crippen LogP contribution in [0.4, 0.5) is 10.7 Å². The van der Waals surface area contributed by atoms with Crippen LogP contribution >= 0.6 is 23.1 Å². The maximum absolute atomic E-state index is 10.4. The van der Waals surface area contributed by atoms with Crippen molar-refractivity contribution in [2.45, 2.75) is 4.21 Å². The fourth-order valence-corrected chi connectivity index (χ4v) is 2.45. The van der Waals surface area contributed by atoms with E-state index in [-0.39, 0.29) is 16.3 Å². The van der Waals surface area contributed by atoms with E-state index in [0.29, 0.717) is 4.21 Å². The molecule has 0 bridgehead atoms. The minimum absolute atomic E-state index is 0.0261. The molecule has 5 nitrogen and oxygen atoms in total. The summed E-state index contributed by atoms with van der Waals surface area (Å²) in [7, 11) is 0. The molecule has 1 aromatic heterocycles. The van der Waals surface area contributed by atoms with Gasteiger partial charge in [-0.15, -0.1) is 11.8 Å². The monoisotopic (exact) mass is 215 g/mol. The van der Waals surface area contributed by atoms with Crippen LogP contribution in [0.1, 0.15) is 5.56 Å². The summed E-state index contributed by atoms with van der Waals surface area (Å²) in [6, 6.07) is 1.85. The van der Waals surface area contributed by atoms with Crippen molar-refractivity contribution in [1.29, 1.82) is 5.26 Å². The highest BCUT2D eigenvalue weighted by atomic mass is 32.2. The maximum Gasteiger partial charge on any atom is 0.349 e. The second-order valence-electron chi connectivity index (χ2n) is 2.06. The van der Waals surface area contributed by atoms with Gasteiger partial charge in [-0.05, 0) is 6.26 Å². The van der Waals surface area contributed by atoms with Gasteiger partial charge in [-0.2, -0.15) is 5.26 Å². The van der Waals surface area contributed by atoms with Crippen molar-refractivity contribution < 1.29 is 4.92 Å². The second kappa shape index (κ2) is 3.64. The van der Waals surface area contributed by atoms with Crippen molar-refractivity contribution in [2.75, 3.05) is 12.0 Å². The molecule has 0 aliphatic heterocycles. The van der Waals surface area contributed by atoms with Gasteiger partial charge in [0.15, 0.2) is 0 Å². The molecule has 0 spiro atoms. The Labute approximate surface area is 82.3 Å². The molecule has 13 heavy (non-hydrogen) atoms. The minimum atomic E-state index is -0.569.